The molecule has 0 radical (unpaired) electrons. The highest BCUT2D eigenvalue weighted by atomic mass is 19.3. The lowest BCUT2D eigenvalue weighted by atomic mass is 10.0. The normalized spacial score (nSPS) is 11.6. The minimum Gasteiger partial charge on any atom is -0.348 e. The van der Waals surface area contributed by atoms with E-state index in [0.29, 0.717) is 28.9 Å². The molecule has 1 heterocycles. The van der Waals surface area contributed by atoms with E-state index >= 15 is 0 Å². The number of hydrogen-bond acceptors (Lipinski definition) is 5. The Hall–Kier alpha value is -3.46. The van der Waals surface area contributed by atoms with E-state index in [1.807, 2.05) is 19.0 Å². The Bertz CT molecular complexity index is 956. The van der Waals surface area contributed by atoms with Gasteiger partial charge in [0.1, 0.15) is 5.82 Å². The smallest absolute Gasteiger partial charge is 0.312 e. The predicted octanol–water partition coefficient (Wildman–Crippen LogP) is 3.32. The predicted molar refractivity (Wildman–Crippen MR) is 114 cm³/mol. The van der Waals surface area contributed by atoms with E-state index in [9.17, 15) is 18.0 Å². The van der Waals surface area contributed by atoms with Gasteiger partial charge >= 0.3 is 6.55 Å². The molecule has 164 valence electrons. The van der Waals surface area contributed by atoms with Crippen LogP contribution in [0, 0.1) is 11.2 Å². The number of carbonyl (C=O) groups is 1. The molecule has 0 saturated heterocycles. The van der Waals surface area contributed by atoms with Gasteiger partial charge in [-0.3, -0.25) is 9.78 Å². The molecule has 1 amide bonds. The van der Waals surface area contributed by atoms with E-state index in [1.54, 1.807) is 29.6 Å². The fourth-order valence-electron chi connectivity index (χ4n) is 2.56. The van der Waals surface area contributed by atoms with Gasteiger partial charge in [-0.15, -0.1) is 0 Å². The number of amides is 1. The highest BCUT2D eigenvalue weighted by molar-refractivity contribution is 6.08. The Balaban J connectivity index is 2.25. The highest BCUT2D eigenvalue weighted by Crippen LogP contribution is 2.21. The second-order valence-electron chi connectivity index (χ2n) is 6.83. The molecule has 0 spiro atoms. The molecule has 31 heavy (non-hydrogen) atoms. The quantitative estimate of drug-likeness (QED) is 0.306. The summed E-state index contributed by atoms with van der Waals surface area (Å²) >= 11 is 0. The van der Waals surface area contributed by atoms with Crippen LogP contribution in [-0.2, 0) is 11.3 Å². The Morgan fingerprint density at radius 2 is 1.94 bits per heavy atom. The van der Waals surface area contributed by atoms with Gasteiger partial charge in [-0.05, 0) is 56.1 Å². The molecule has 0 unspecified atom stereocenters. The van der Waals surface area contributed by atoms with Gasteiger partial charge in [0.25, 0.3) is 0 Å². The summed E-state index contributed by atoms with van der Waals surface area (Å²) in [5.41, 5.74) is 2.00. The van der Waals surface area contributed by atoms with Crippen LogP contribution in [0.15, 0.2) is 61.0 Å². The van der Waals surface area contributed by atoms with Crippen molar-refractivity contribution in [1.29, 1.82) is 5.41 Å². The van der Waals surface area contributed by atoms with E-state index in [1.165, 1.54) is 30.5 Å². The first-order chi connectivity index (χ1) is 14.8. The number of aromatic nitrogens is 1. The molecule has 0 aliphatic heterocycles. The first kappa shape index (κ1) is 23.8. The molecule has 9 heteroatoms. The van der Waals surface area contributed by atoms with E-state index in [4.69, 9.17) is 5.41 Å². The first-order valence-corrected chi connectivity index (χ1v) is 9.40. The van der Waals surface area contributed by atoms with Crippen LogP contribution < -0.4 is 10.6 Å². The number of rotatable bonds is 10. The second kappa shape index (κ2) is 11.7. The zero-order chi connectivity index (χ0) is 22.8. The summed E-state index contributed by atoms with van der Waals surface area (Å²) in [6.07, 6.45) is 6.81. The Labute approximate surface area is 179 Å². The van der Waals surface area contributed by atoms with Crippen molar-refractivity contribution in [1.82, 2.24) is 20.5 Å². The molecule has 0 fully saturated rings. The van der Waals surface area contributed by atoms with Gasteiger partial charge in [-0.2, -0.15) is 8.78 Å². The summed E-state index contributed by atoms with van der Waals surface area (Å²) in [5.74, 6) is -0.698. The van der Waals surface area contributed by atoms with Gasteiger partial charge in [0.05, 0.1) is 11.4 Å². The van der Waals surface area contributed by atoms with Gasteiger partial charge in [0.2, 0.25) is 5.91 Å². The zero-order valence-electron chi connectivity index (χ0n) is 17.2. The maximum Gasteiger partial charge on any atom is 0.312 e. The molecule has 3 N–H and O–H groups in total. The maximum absolute atomic E-state index is 13.2. The number of alkyl halides is 2. The molecule has 6 nitrogen and oxygen atoms in total. The van der Waals surface area contributed by atoms with Gasteiger partial charge in [-0.25, -0.2) is 4.39 Å². The SMILES string of the molecule is CN(C)C/C=C/C(=O)NCc1cnc(-c2ccc(F)cc2)cc1C(=N)/C=C\NC(F)F. The van der Waals surface area contributed by atoms with Gasteiger partial charge in [0.15, 0.2) is 0 Å². The van der Waals surface area contributed by atoms with Crippen molar-refractivity contribution < 1.29 is 18.0 Å². The Kier molecular flexibility index (Phi) is 8.95. The summed E-state index contributed by atoms with van der Waals surface area (Å²) in [7, 11) is 3.76. The van der Waals surface area contributed by atoms with Crippen LogP contribution in [0.4, 0.5) is 13.2 Å². The lowest BCUT2D eigenvalue weighted by Crippen LogP contribution is -2.22. The number of halogens is 3. The third-order valence-corrected chi connectivity index (χ3v) is 4.08. The minimum absolute atomic E-state index is 0.0497. The van der Waals surface area contributed by atoms with Crippen molar-refractivity contribution in [2.75, 3.05) is 20.6 Å². The minimum atomic E-state index is -2.75. The topological polar surface area (TPSA) is 81.1 Å². The zero-order valence-corrected chi connectivity index (χ0v) is 17.2. The van der Waals surface area contributed by atoms with E-state index in [2.05, 4.69) is 10.3 Å². The van der Waals surface area contributed by atoms with E-state index in [-0.39, 0.29) is 24.0 Å². The largest absolute Gasteiger partial charge is 0.348 e. The maximum atomic E-state index is 13.2. The van der Waals surface area contributed by atoms with Crippen molar-refractivity contribution >= 4 is 11.6 Å². The fourth-order valence-corrected chi connectivity index (χ4v) is 2.56. The van der Waals surface area contributed by atoms with Crippen molar-refractivity contribution in [3.05, 3.63) is 77.9 Å². The number of nitrogens with zero attached hydrogens (tertiary/aromatic N) is 2. The van der Waals surface area contributed by atoms with Crippen LogP contribution >= 0.6 is 0 Å². The monoisotopic (exact) mass is 431 g/mol. The number of benzene rings is 1. The molecule has 0 aliphatic carbocycles. The Morgan fingerprint density at radius 3 is 2.58 bits per heavy atom. The second-order valence-corrected chi connectivity index (χ2v) is 6.83. The summed E-state index contributed by atoms with van der Waals surface area (Å²) in [4.78, 5) is 18.3. The molecular weight excluding hydrogens is 407 g/mol. The molecule has 0 saturated carbocycles. The number of hydrogen-bond donors (Lipinski definition) is 3. The summed E-state index contributed by atoms with van der Waals surface area (Å²) in [6, 6.07) is 7.30. The average Bonchev–Trinajstić information content (AvgIpc) is 2.72. The third-order valence-electron chi connectivity index (χ3n) is 4.08. The van der Waals surface area contributed by atoms with Gasteiger partial charge in [-0.1, -0.05) is 6.08 Å². The summed E-state index contributed by atoms with van der Waals surface area (Å²) in [6.45, 7) is -2.04. The molecule has 0 atom stereocenters. The van der Waals surface area contributed by atoms with Crippen molar-refractivity contribution in [3.63, 3.8) is 0 Å². The third kappa shape index (κ3) is 8.06. The molecule has 2 aromatic rings. The van der Waals surface area contributed by atoms with Crippen molar-refractivity contribution in [3.8, 4) is 11.3 Å². The molecule has 1 aromatic carbocycles. The lowest BCUT2D eigenvalue weighted by Gasteiger charge is -2.12. The summed E-state index contributed by atoms with van der Waals surface area (Å²) < 4.78 is 37.8. The number of likely N-dealkylation sites (N-methyl/N-ethyl adjacent to an activating group) is 1. The van der Waals surface area contributed by atoms with Crippen LogP contribution in [0.3, 0.4) is 0 Å². The van der Waals surface area contributed by atoms with Crippen LogP contribution in [0.2, 0.25) is 0 Å². The molecule has 0 aliphatic rings. The number of allylic oxidation sites excluding steroid dienone is 1. The van der Waals surface area contributed by atoms with Crippen molar-refractivity contribution in [2.45, 2.75) is 13.1 Å². The van der Waals surface area contributed by atoms with E-state index < -0.39 is 6.55 Å². The highest BCUT2D eigenvalue weighted by Gasteiger charge is 2.11. The van der Waals surface area contributed by atoms with E-state index in [0.717, 1.165) is 6.20 Å². The first-order valence-electron chi connectivity index (χ1n) is 9.40. The molecule has 0 bridgehead atoms. The molecule has 2 rings (SSSR count). The van der Waals surface area contributed by atoms with Crippen LogP contribution in [-0.4, -0.2) is 48.7 Å². The van der Waals surface area contributed by atoms with Crippen molar-refractivity contribution in [2.24, 2.45) is 0 Å². The summed E-state index contributed by atoms with van der Waals surface area (Å²) in [5, 5.41) is 12.8. The van der Waals surface area contributed by atoms with Gasteiger partial charge < -0.3 is 20.9 Å². The fraction of sp³-hybridized carbons (Fsp3) is 0.227. The number of pyridine rings is 1. The van der Waals surface area contributed by atoms with Crippen LogP contribution in [0.25, 0.3) is 11.3 Å². The molecular formula is C22H24F3N5O. The average molecular weight is 431 g/mol. The number of nitrogens with one attached hydrogen (secondary N) is 3. The van der Waals surface area contributed by atoms with Crippen LogP contribution in [0.1, 0.15) is 11.1 Å². The van der Waals surface area contributed by atoms with Crippen LogP contribution in [0.5, 0.6) is 0 Å². The standard InChI is InChI=1S/C22H24F3N5O/c1-30(2)11-3-4-21(31)29-14-16-13-28-20(15-5-7-17(23)8-6-15)12-18(16)19(26)9-10-27-22(24)25/h3-10,12-13,22,26-27H,11,14H2,1-2H3,(H,29,31)/b4-3+,10-9-,26-19?. The Morgan fingerprint density at radius 1 is 1.23 bits per heavy atom. The lowest BCUT2D eigenvalue weighted by molar-refractivity contribution is -0.116. The van der Waals surface area contributed by atoms with Gasteiger partial charge in [0, 0.05) is 42.7 Å². The number of carbonyl (C=O) groups excluding carboxylic acids is 1. The molecule has 1 aromatic heterocycles.